The topological polar surface area (TPSA) is 57.5 Å². The van der Waals surface area contributed by atoms with Crippen molar-refractivity contribution < 1.29 is 23.5 Å². The zero-order valence-electron chi connectivity index (χ0n) is 16.1. The molecule has 5 nitrogen and oxygen atoms in total. The van der Waals surface area contributed by atoms with E-state index < -0.39 is 5.97 Å². The number of halogens is 1. The Balaban J connectivity index is 1.66. The molecule has 7 heteroatoms. The standard InChI is InChI=1S/C21H22FNO4S/c1-13-9-17(14(2)23(13)7-4-8-26-3)18(24)12-27-21(25)20-11-15-10-16(22)5-6-19(15)28-20/h5-6,9-11H,4,7-8,12H2,1-3H3. The van der Waals surface area contributed by atoms with Crippen LogP contribution in [0.15, 0.2) is 30.3 Å². The highest BCUT2D eigenvalue weighted by Crippen LogP contribution is 2.27. The SMILES string of the molecule is COCCCn1c(C)cc(C(=O)COC(=O)c2cc3cc(F)ccc3s2)c1C. The first kappa shape index (κ1) is 20.2. The van der Waals surface area contributed by atoms with Crippen LogP contribution >= 0.6 is 11.3 Å². The number of carbonyl (C=O) groups excluding carboxylic acids is 2. The van der Waals surface area contributed by atoms with Gasteiger partial charge in [0.15, 0.2) is 6.61 Å². The number of aromatic nitrogens is 1. The summed E-state index contributed by atoms with van der Waals surface area (Å²) in [7, 11) is 1.66. The Hall–Kier alpha value is -2.51. The summed E-state index contributed by atoms with van der Waals surface area (Å²) in [4.78, 5) is 25.2. The molecule has 0 bridgehead atoms. The molecule has 0 atom stereocenters. The second kappa shape index (κ2) is 8.67. The molecule has 2 aromatic heterocycles. The van der Waals surface area contributed by atoms with Crippen molar-refractivity contribution in [2.45, 2.75) is 26.8 Å². The number of esters is 1. The number of ketones is 1. The number of fused-ring (bicyclic) bond motifs is 1. The summed E-state index contributed by atoms with van der Waals surface area (Å²) in [5.74, 6) is -1.18. The molecule has 0 aliphatic carbocycles. The van der Waals surface area contributed by atoms with Gasteiger partial charge in [0.2, 0.25) is 5.78 Å². The van der Waals surface area contributed by atoms with Gasteiger partial charge in [0.05, 0.1) is 0 Å². The van der Waals surface area contributed by atoms with E-state index in [0.29, 0.717) is 22.4 Å². The van der Waals surface area contributed by atoms with Gasteiger partial charge in [-0.2, -0.15) is 0 Å². The lowest BCUT2D eigenvalue weighted by Gasteiger charge is -2.09. The lowest BCUT2D eigenvalue weighted by atomic mass is 10.1. The molecule has 0 spiro atoms. The molecule has 0 radical (unpaired) electrons. The highest BCUT2D eigenvalue weighted by molar-refractivity contribution is 7.20. The summed E-state index contributed by atoms with van der Waals surface area (Å²) in [6, 6.07) is 7.74. The summed E-state index contributed by atoms with van der Waals surface area (Å²) in [6.45, 7) is 4.91. The van der Waals surface area contributed by atoms with Gasteiger partial charge in [0.25, 0.3) is 0 Å². The van der Waals surface area contributed by atoms with Crippen LogP contribution in [0.2, 0.25) is 0 Å². The number of thiophene rings is 1. The molecule has 0 aliphatic heterocycles. The molecule has 3 aromatic rings. The molecule has 148 valence electrons. The van der Waals surface area contributed by atoms with Crippen molar-refractivity contribution in [2.24, 2.45) is 0 Å². The number of Topliss-reactive ketones (excluding diaryl/α,β-unsaturated/α-hetero) is 1. The van der Waals surface area contributed by atoms with E-state index in [1.165, 1.54) is 23.5 Å². The first-order valence-corrected chi connectivity index (χ1v) is 9.77. The largest absolute Gasteiger partial charge is 0.453 e. The minimum absolute atomic E-state index is 0.244. The first-order chi connectivity index (χ1) is 13.4. The van der Waals surface area contributed by atoms with E-state index in [-0.39, 0.29) is 18.2 Å². The lowest BCUT2D eigenvalue weighted by Crippen LogP contribution is -2.14. The van der Waals surface area contributed by atoms with Gasteiger partial charge in [-0.25, -0.2) is 9.18 Å². The smallest absolute Gasteiger partial charge is 0.348 e. The third-order valence-electron chi connectivity index (χ3n) is 4.62. The van der Waals surface area contributed by atoms with Gasteiger partial charge in [0.1, 0.15) is 10.7 Å². The number of aryl methyl sites for hydroxylation is 1. The Morgan fingerprint density at radius 1 is 1.18 bits per heavy atom. The van der Waals surface area contributed by atoms with Crippen LogP contribution in [0.1, 0.15) is 37.8 Å². The fraction of sp³-hybridized carbons (Fsp3) is 0.333. The van der Waals surface area contributed by atoms with Crippen molar-refractivity contribution in [3.8, 4) is 0 Å². The number of nitrogens with zero attached hydrogens (tertiary/aromatic N) is 1. The monoisotopic (exact) mass is 403 g/mol. The van der Waals surface area contributed by atoms with Gasteiger partial charge in [0, 0.05) is 41.9 Å². The van der Waals surface area contributed by atoms with Crippen molar-refractivity contribution in [3.63, 3.8) is 0 Å². The molecule has 28 heavy (non-hydrogen) atoms. The molecule has 0 unspecified atom stereocenters. The van der Waals surface area contributed by atoms with Crippen LogP contribution in [0.5, 0.6) is 0 Å². The summed E-state index contributed by atoms with van der Waals surface area (Å²) < 4.78 is 26.4. The number of ether oxygens (including phenoxy) is 2. The van der Waals surface area contributed by atoms with Gasteiger partial charge >= 0.3 is 5.97 Å². The minimum atomic E-state index is -0.580. The van der Waals surface area contributed by atoms with E-state index in [0.717, 1.165) is 29.1 Å². The predicted octanol–water partition coefficient (Wildman–Crippen LogP) is 4.53. The first-order valence-electron chi connectivity index (χ1n) is 8.95. The highest BCUT2D eigenvalue weighted by Gasteiger charge is 2.19. The summed E-state index contributed by atoms with van der Waals surface area (Å²) in [5.41, 5.74) is 2.39. The van der Waals surface area contributed by atoms with Gasteiger partial charge < -0.3 is 14.0 Å². The van der Waals surface area contributed by atoms with E-state index in [1.54, 1.807) is 19.2 Å². The average Bonchev–Trinajstić information content (AvgIpc) is 3.21. The van der Waals surface area contributed by atoms with Crippen molar-refractivity contribution in [3.05, 3.63) is 58.0 Å². The average molecular weight is 403 g/mol. The Kier molecular flexibility index (Phi) is 6.26. The van der Waals surface area contributed by atoms with E-state index in [2.05, 4.69) is 4.57 Å². The number of benzene rings is 1. The summed E-state index contributed by atoms with van der Waals surface area (Å²) >= 11 is 1.21. The molecule has 0 saturated carbocycles. The van der Waals surface area contributed by atoms with Crippen LogP contribution in [0.25, 0.3) is 10.1 Å². The van der Waals surface area contributed by atoms with Crippen LogP contribution in [0.3, 0.4) is 0 Å². The van der Waals surface area contributed by atoms with Crippen molar-refractivity contribution in [1.29, 1.82) is 0 Å². The second-order valence-electron chi connectivity index (χ2n) is 6.57. The van der Waals surface area contributed by atoms with Gasteiger partial charge in [-0.1, -0.05) is 0 Å². The Morgan fingerprint density at radius 3 is 2.71 bits per heavy atom. The number of methoxy groups -OCH3 is 1. The normalized spacial score (nSPS) is 11.1. The maximum absolute atomic E-state index is 13.3. The van der Waals surface area contributed by atoms with Crippen LogP contribution in [0, 0.1) is 19.7 Å². The zero-order valence-corrected chi connectivity index (χ0v) is 16.9. The third-order valence-corrected chi connectivity index (χ3v) is 5.71. The molecule has 0 fully saturated rings. The number of rotatable bonds is 8. The molecule has 0 aliphatic rings. The Labute approximate surface area is 166 Å². The highest BCUT2D eigenvalue weighted by atomic mass is 32.1. The molecule has 0 saturated heterocycles. The summed E-state index contributed by atoms with van der Waals surface area (Å²) in [6.07, 6.45) is 0.849. The van der Waals surface area contributed by atoms with E-state index in [1.807, 2.05) is 19.9 Å². The fourth-order valence-corrected chi connectivity index (χ4v) is 4.13. The van der Waals surface area contributed by atoms with Gasteiger partial charge in [-0.3, -0.25) is 4.79 Å². The quantitative estimate of drug-likeness (QED) is 0.315. The Bertz CT molecular complexity index is 1020. The van der Waals surface area contributed by atoms with Crippen molar-refractivity contribution >= 4 is 33.2 Å². The van der Waals surface area contributed by atoms with E-state index in [4.69, 9.17) is 9.47 Å². The van der Waals surface area contributed by atoms with E-state index >= 15 is 0 Å². The van der Waals surface area contributed by atoms with Crippen LogP contribution in [0.4, 0.5) is 4.39 Å². The summed E-state index contributed by atoms with van der Waals surface area (Å²) in [5, 5.41) is 0.642. The molecule has 1 aromatic carbocycles. The second-order valence-corrected chi connectivity index (χ2v) is 7.66. The number of hydrogen-bond donors (Lipinski definition) is 0. The van der Waals surface area contributed by atoms with Gasteiger partial charge in [-0.05, 0) is 56.0 Å². The molecule has 3 rings (SSSR count). The maximum Gasteiger partial charge on any atom is 0.348 e. The molecule has 0 amide bonds. The predicted molar refractivity (Wildman–Crippen MR) is 107 cm³/mol. The molecular formula is C21H22FNO4S. The molecule has 0 N–H and O–H groups in total. The maximum atomic E-state index is 13.3. The van der Waals surface area contributed by atoms with Crippen LogP contribution in [-0.2, 0) is 16.0 Å². The van der Waals surface area contributed by atoms with Crippen molar-refractivity contribution in [1.82, 2.24) is 4.57 Å². The zero-order chi connectivity index (χ0) is 20.3. The van der Waals surface area contributed by atoms with Crippen LogP contribution < -0.4 is 0 Å². The molecular weight excluding hydrogens is 381 g/mol. The lowest BCUT2D eigenvalue weighted by molar-refractivity contribution is 0.0479. The van der Waals surface area contributed by atoms with Crippen LogP contribution in [-0.4, -0.2) is 36.6 Å². The third kappa shape index (κ3) is 4.31. The fourth-order valence-electron chi connectivity index (χ4n) is 3.19. The van der Waals surface area contributed by atoms with E-state index in [9.17, 15) is 14.0 Å². The Morgan fingerprint density at radius 2 is 1.96 bits per heavy atom. The van der Waals surface area contributed by atoms with Gasteiger partial charge in [-0.15, -0.1) is 11.3 Å². The van der Waals surface area contributed by atoms with Crippen molar-refractivity contribution in [2.75, 3.05) is 20.3 Å². The minimum Gasteiger partial charge on any atom is -0.453 e. The number of hydrogen-bond acceptors (Lipinski definition) is 5. The molecule has 2 heterocycles. The number of carbonyl (C=O) groups is 2.